The van der Waals surface area contributed by atoms with Crippen LogP contribution in [0.1, 0.15) is 44.6 Å². The lowest BCUT2D eigenvalue weighted by atomic mass is 9.57. The zero-order valence-corrected chi connectivity index (χ0v) is 21.9. The van der Waals surface area contributed by atoms with E-state index in [0.29, 0.717) is 5.69 Å². The molecule has 2 aliphatic carbocycles. The summed E-state index contributed by atoms with van der Waals surface area (Å²) in [5, 5.41) is 22.1. The summed E-state index contributed by atoms with van der Waals surface area (Å²) in [4.78, 5) is 28.8. The molecule has 5 rings (SSSR count). The largest absolute Gasteiger partial charge is 0.457 e. The zero-order valence-electron chi connectivity index (χ0n) is 21.9. The Labute approximate surface area is 216 Å². The summed E-state index contributed by atoms with van der Waals surface area (Å²) in [6, 6.07) is 3.37. The molecule has 3 heterocycles. The van der Waals surface area contributed by atoms with E-state index in [9.17, 15) is 19.8 Å². The lowest BCUT2D eigenvalue weighted by molar-refractivity contribution is -0.172. The number of H-pyrrole nitrogens is 1. The molecule has 202 valence electrons. The van der Waals surface area contributed by atoms with Gasteiger partial charge in [0.1, 0.15) is 29.6 Å². The minimum atomic E-state index is -0.933. The SMILES string of the molecule is CO[C@H]1C[C@H]2C=C[C@@H]3C4[C@H](O)C(C)[C@H](OC(=O)c5ccc[nH]5)[C@@H]3O[C@]42/C(C)=C/[C@@H](C)[C@@H]([C@@H](C)O)OC1=O. The summed E-state index contributed by atoms with van der Waals surface area (Å²) < 4.78 is 24.2. The Bertz CT molecular complexity index is 1080. The van der Waals surface area contributed by atoms with Crippen LogP contribution in [0.15, 0.2) is 42.1 Å². The van der Waals surface area contributed by atoms with Gasteiger partial charge in [-0.25, -0.2) is 9.59 Å². The first-order chi connectivity index (χ1) is 17.6. The molecule has 1 saturated carbocycles. The number of aliphatic hydroxyl groups excluding tert-OH is 2. The Kier molecular flexibility index (Phi) is 6.85. The van der Waals surface area contributed by atoms with Gasteiger partial charge in [-0.2, -0.15) is 0 Å². The van der Waals surface area contributed by atoms with Gasteiger partial charge >= 0.3 is 11.9 Å². The van der Waals surface area contributed by atoms with E-state index in [0.717, 1.165) is 5.57 Å². The fourth-order valence-electron chi connectivity index (χ4n) is 7.14. The van der Waals surface area contributed by atoms with Crippen LogP contribution in [0, 0.1) is 29.6 Å². The van der Waals surface area contributed by atoms with Crippen molar-refractivity contribution in [2.24, 2.45) is 29.6 Å². The van der Waals surface area contributed by atoms with Crippen molar-refractivity contribution < 1.29 is 38.7 Å². The first-order valence-corrected chi connectivity index (χ1v) is 13.1. The monoisotopic (exact) mass is 515 g/mol. The normalized spacial score (nSPS) is 45.3. The van der Waals surface area contributed by atoms with Crippen molar-refractivity contribution in [1.29, 1.82) is 0 Å². The number of rotatable bonds is 4. The molecule has 1 spiro atoms. The summed E-state index contributed by atoms with van der Waals surface area (Å²) in [6.45, 7) is 7.35. The zero-order chi connectivity index (χ0) is 26.6. The molecule has 4 aliphatic rings. The first kappa shape index (κ1) is 26.2. The van der Waals surface area contributed by atoms with Crippen molar-refractivity contribution in [3.8, 4) is 0 Å². The minimum absolute atomic E-state index is 0.175. The van der Waals surface area contributed by atoms with Crippen molar-refractivity contribution in [3.63, 3.8) is 0 Å². The summed E-state index contributed by atoms with van der Waals surface area (Å²) in [7, 11) is 1.46. The van der Waals surface area contributed by atoms with Gasteiger partial charge in [-0.1, -0.05) is 32.1 Å². The second kappa shape index (κ2) is 9.69. The maximum Gasteiger partial charge on any atom is 0.355 e. The maximum absolute atomic E-state index is 13.1. The highest BCUT2D eigenvalue weighted by Crippen LogP contribution is 2.61. The van der Waals surface area contributed by atoms with Crippen LogP contribution in [0.25, 0.3) is 0 Å². The molecule has 12 atom stereocenters. The predicted molar refractivity (Wildman–Crippen MR) is 132 cm³/mol. The van der Waals surface area contributed by atoms with Gasteiger partial charge in [0, 0.05) is 42.9 Å². The lowest BCUT2D eigenvalue weighted by Crippen LogP contribution is -2.57. The number of aromatic nitrogens is 1. The van der Waals surface area contributed by atoms with Crippen molar-refractivity contribution >= 4 is 11.9 Å². The molecule has 3 N–H and O–H groups in total. The summed E-state index contributed by atoms with van der Waals surface area (Å²) in [6.07, 6.45) is 3.53. The molecule has 2 fully saturated rings. The van der Waals surface area contributed by atoms with Crippen LogP contribution < -0.4 is 0 Å². The van der Waals surface area contributed by atoms with Crippen LogP contribution >= 0.6 is 0 Å². The molecule has 1 saturated heterocycles. The highest BCUT2D eigenvalue weighted by atomic mass is 16.6. The first-order valence-electron chi connectivity index (χ1n) is 13.1. The van der Waals surface area contributed by atoms with Gasteiger partial charge in [0.05, 0.1) is 12.2 Å². The highest BCUT2D eigenvalue weighted by Gasteiger charge is 2.69. The third kappa shape index (κ3) is 4.07. The Hall–Kier alpha value is -2.46. The van der Waals surface area contributed by atoms with Crippen LogP contribution in [-0.2, 0) is 23.7 Å². The molecular formula is C28H37NO8. The van der Waals surface area contributed by atoms with Gasteiger partial charge in [-0.05, 0) is 38.0 Å². The van der Waals surface area contributed by atoms with Crippen molar-refractivity contribution in [2.45, 2.75) is 76.3 Å². The van der Waals surface area contributed by atoms with E-state index < -0.39 is 54.2 Å². The molecule has 1 aromatic rings. The highest BCUT2D eigenvalue weighted by molar-refractivity contribution is 5.87. The number of methoxy groups -OCH3 is 1. The Morgan fingerprint density at radius 1 is 1.30 bits per heavy atom. The molecule has 2 aliphatic heterocycles. The van der Waals surface area contributed by atoms with Gasteiger partial charge in [0.15, 0.2) is 6.10 Å². The number of hydrogen-bond acceptors (Lipinski definition) is 8. The van der Waals surface area contributed by atoms with Gasteiger partial charge < -0.3 is 34.1 Å². The van der Waals surface area contributed by atoms with Gasteiger partial charge in [-0.3, -0.25) is 0 Å². The van der Waals surface area contributed by atoms with Gasteiger partial charge in [0.25, 0.3) is 0 Å². The second-order valence-electron chi connectivity index (χ2n) is 11.1. The number of aromatic amines is 1. The number of ether oxygens (including phenoxy) is 4. The number of hydrogen-bond donors (Lipinski definition) is 3. The number of aliphatic hydroxyl groups is 2. The smallest absolute Gasteiger partial charge is 0.355 e. The average molecular weight is 516 g/mol. The van der Waals surface area contributed by atoms with Crippen molar-refractivity contribution in [2.75, 3.05) is 7.11 Å². The minimum Gasteiger partial charge on any atom is -0.457 e. The van der Waals surface area contributed by atoms with Gasteiger partial charge in [-0.15, -0.1) is 0 Å². The fraction of sp³-hybridized carbons (Fsp3) is 0.643. The predicted octanol–water partition coefficient (Wildman–Crippen LogP) is 2.40. The fourth-order valence-corrected chi connectivity index (χ4v) is 7.14. The third-order valence-electron chi connectivity index (χ3n) is 8.94. The number of esters is 2. The lowest BCUT2D eigenvalue weighted by Gasteiger charge is -2.48. The molecule has 37 heavy (non-hydrogen) atoms. The van der Waals surface area contributed by atoms with E-state index in [1.807, 2.05) is 39.0 Å². The molecule has 1 aromatic heterocycles. The molecule has 4 bridgehead atoms. The number of nitrogens with one attached hydrogen (secondary N) is 1. The maximum atomic E-state index is 13.1. The number of carbonyl (C=O) groups excluding carboxylic acids is 2. The van der Waals surface area contributed by atoms with Crippen LogP contribution in [-0.4, -0.2) is 76.5 Å². The standard InChI is InChI=1S/C28H37NO8/c1-13-11-14(2)28-17(12-20(34-5)27(33)35-23(13)16(4)30)8-9-18-21(28)22(31)15(3)24(25(18)37-28)36-26(32)19-7-6-10-29-19/h6-11,13,15-18,20-25,29-31H,12H2,1-5H3/b14-11+/t13-,15?,16-,17-,18-,20+,21?,22-,23+,24+,25-,28+/m1/s1. The van der Waals surface area contributed by atoms with E-state index in [2.05, 4.69) is 4.98 Å². The molecule has 2 unspecified atom stereocenters. The van der Waals surface area contributed by atoms with Crippen LogP contribution in [0.5, 0.6) is 0 Å². The Morgan fingerprint density at radius 2 is 2.05 bits per heavy atom. The summed E-state index contributed by atoms with van der Waals surface area (Å²) in [5.41, 5.74) is 0.301. The van der Waals surface area contributed by atoms with E-state index in [-0.39, 0.29) is 36.0 Å². The van der Waals surface area contributed by atoms with E-state index in [1.54, 1.807) is 25.3 Å². The van der Waals surface area contributed by atoms with E-state index in [4.69, 9.17) is 18.9 Å². The molecule has 9 nitrogen and oxygen atoms in total. The van der Waals surface area contributed by atoms with Gasteiger partial charge in [0.2, 0.25) is 0 Å². The Balaban J connectivity index is 1.58. The summed E-state index contributed by atoms with van der Waals surface area (Å²) >= 11 is 0. The molecule has 0 radical (unpaired) electrons. The Morgan fingerprint density at radius 3 is 2.70 bits per heavy atom. The van der Waals surface area contributed by atoms with E-state index >= 15 is 0 Å². The van der Waals surface area contributed by atoms with Crippen LogP contribution in [0.3, 0.4) is 0 Å². The summed E-state index contributed by atoms with van der Waals surface area (Å²) in [5.74, 6) is -2.49. The topological polar surface area (TPSA) is 127 Å². The van der Waals surface area contributed by atoms with Crippen molar-refractivity contribution in [1.82, 2.24) is 4.98 Å². The molecule has 0 amide bonds. The number of cyclic esters (lactones) is 1. The second-order valence-corrected chi connectivity index (χ2v) is 11.1. The molecular weight excluding hydrogens is 478 g/mol. The third-order valence-corrected chi connectivity index (χ3v) is 8.94. The average Bonchev–Trinajstić information content (AvgIpc) is 3.46. The molecule has 9 heteroatoms. The molecule has 0 aromatic carbocycles. The van der Waals surface area contributed by atoms with E-state index in [1.165, 1.54) is 7.11 Å². The quantitative estimate of drug-likeness (QED) is 0.412. The van der Waals surface area contributed by atoms with Crippen LogP contribution in [0.4, 0.5) is 0 Å². The number of carbonyl (C=O) groups is 2. The van der Waals surface area contributed by atoms with Crippen molar-refractivity contribution in [3.05, 3.63) is 47.8 Å². The van der Waals surface area contributed by atoms with Crippen LogP contribution in [0.2, 0.25) is 0 Å².